The van der Waals surface area contributed by atoms with Gasteiger partial charge in [-0.2, -0.15) is 0 Å². The Kier molecular flexibility index (Phi) is 6.79. The molecule has 0 radical (unpaired) electrons. The van der Waals surface area contributed by atoms with E-state index >= 15 is 0 Å². The lowest BCUT2D eigenvalue weighted by molar-refractivity contribution is -0.197. The highest BCUT2D eigenvalue weighted by molar-refractivity contribution is 6.01. The topological polar surface area (TPSA) is 102 Å². The summed E-state index contributed by atoms with van der Waals surface area (Å²) in [5.41, 5.74) is 2.50. The number of benzene rings is 2. The average molecular weight is 410 g/mol. The van der Waals surface area contributed by atoms with Gasteiger partial charge in [0, 0.05) is 12.8 Å². The van der Waals surface area contributed by atoms with E-state index in [0.717, 1.165) is 11.1 Å². The lowest BCUT2D eigenvalue weighted by atomic mass is 10.0. The zero-order valence-electron chi connectivity index (χ0n) is 16.5. The van der Waals surface area contributed by atoms with Crippen LogP contribution in [0.15, 0.2) is 54.6 Å². The quantitative estimate of drug-likeness (QED) is 0.704. The first-order chi connectivity index (χ1) is 14.4. The van der Waals surface area contributed by atoms with Crippen LogP contribution >= 0.6 is 0 Å². The predicted octanol–water partition coefficient (Wildman–Crippen LogP) is 2.96. The van der Waals surface area contributed by atoms with Gasteiger partial charge in [0.2, 0.25) is 0 Å². The largest absolute Gasteiger partial charge is 0.445 e. The third-order valence-electron chi connectivity index (χ3n) is 4.55. The van der Waals surface area contributed by atoms with E-state index in [2.05, 4.69) is 5.32 Å². The summed E-state index contributed by atoms with van der Waals surface area (Å²) in [6.07, 6.45) is -0.957. The highest BCUT2D eigenvalue weighted by Gasteiger charge is 2.33. The Bertz CT molecular complexity index is 910. The van der Waals surface area contributed by atoms with Gasteiger partial charge in [0.25, 0.3) is 11.8 Å². The maximum absolute atomic E-state index is 12.3. The Labute approximate surface area is 173 Å². The minimum atomic E-state index is -0.812. The molecule has 2 aromatic carbocycles. The van der Waals surface area contributed by atoms with E-state index < -0.39 is 29.9 Å². The molecular weight excluding hydrogens is 388 g/mol. The summed E-state index contributed by atoms with van der Waals surface area (Å²) in [5.74, 6) is -1.93. The van der Waals surface area contributed by atoms with Crippen LogP contribution in [-0.2, 0) is 30.6 Å². The van der Waals surface area contributed by atoms with Crippen molar-refractivity contribution in [3.05, 3.63) is 71.3 Å². The molecule has 0 spiro atoms. The summed E-state index contributed by atoms with van der Waals surface area (Å²) in [4.78, 5) is 52.9. The molecule has 8 heteroatoms. The van der Waals surface area contributed by atoms with Crippen LogP contribution in [0.2, 0.25) is 0 Å². The molecule has 30 heavy (non-hydrogen) atoms. The fraction of sp³-hybridized carbons (Fsp3) is 0.273. The number of alkyl carbamates (subject to hydrolysis) is 1. The fourth-order valence-corrected chi connectivity index (χ4v) is 2.92. The molecule has 8 nitrogen and oxygen atoms in total. The molecule has 0 saturated carbocycles. The second-order valence-electron chi connectivity index (χ2n) is 6.92. The number of aryl methyl sites for hydroxylation is 1. The molecule has 1 atom stereocenters. The summed E-state index contributed by atoms with van der Waals surface area (Å²) in [6, 6.07) is 15.7. The van der Waals surface area contributed by atoms with Crippen molar-refractivity contribution in [3.63, 3.8) is 0 Å². The first kappa shape index (κ1) is 21.0. The Balaban J connectivity index is 1.64. The molecule has 1 fully saturated rings. The number of carbonyl (C=O) groups excluding carboxylic acids is 4. The van der Waals surface area contributed by atoms with Crippen LogP contribution in [0.25, 0.3) is 0 Å². The number of hydroxylamine groups is 2. The van der Waals surface area contributed by atoms with Crippen molar-refractivity contribution in [1.82, 2.24) is 10.4 Å². The molecule has 0 aliphatic carbocycles. The number of rotatable bonds is 7. The molecule has 1 unspecified atom stereocenters. The van der Waals surface area contributed by atoms with E-state index in [0.29, 0.717) is 10.6 Å². The normalized spacial score (nSPS) is 14.4. The van der Waals surface area contributed by atoms with Crippen LogP contribution in [0.3, 0.4) is 0 Å². The maximum Gasteiger partial charge on any atom is 0.407 e. The predicted molar refractivity (Wildman–Crippen MR) is 105 cm³/mol. The van der Waals surface area contributed by atoms with Crippen molar-refractivity contribution in [2.75, 3.05) is 0 Å². The number of nitrogens with zero attached hydrogens (tertiary/aromatic N) is 1. The molecule has 3 amide bonds. The van der Waals surface area contributed by atoms with E-state index in [9.17, 15) is 19.2 Å². The highest BCUT2D eigenvalue weighted by Crippen LogP contribution is 2.20. The van der Waals surface area contributed by atoms with Gasteiger partial charge in [-0.3, -0.25) is 9.59 Å². The van der Waals surface area contributed by atoms with Crippen LogP contribution in [-0.4, -0.2) is 28.9 Å². The van der Waals surface area contributed by atoms with Crippen molar-refractivity contribution >= 4 is 23.9 Å². The van der Waals surface area contributed by atoms with Crippen molar-refractivity contribution in [2.45, 2.75) is 38.8 Å². The van der Waals surface area contributed by atoms with Crippen molar-refractivity contribution in [3.8, 4) is 0 Å². The third kappa shape index (κ3) is 5.66. The van der Waals surface area contributed by atoms with E-state index in [-0.39, 0.29) is 25.9 Å². The van der Waals surface area contributed by atoms with Gasteiger partial charge >= 0.3 is 12.1 Å². The number of carbonyl (C=O) groups is 4. The van der Waals surface area contributed by atoms with Gasteiger partial charge in [0.1, 0.15) is 6.61 Å². The summed E-state index contributed by atoms with van der Waals surface area (Å²) >= 11 is 0. The van der Waals surface area contributed by atoms with Crippen molar-refractivity contribution in [1.29, 1.82) is 0 Å². The number of hydrogen-bond acceptors (Lipinski definition) is 6. The molecular formula is C22H22N2O6. The zero-order chi connectivity index (χ0) is 21.5. The molecule has 1 aliphatic rings. The average Bonchev–Trinajstić information content (AvgIpc) is 3.05. The first-order valence-corrected chi connectivity index (χ1v) is 9.53. The molecule has 0 aromatic heterocycles. The number of imide groups is 1. The lowest BCUT2D eigenvalue weighted by Gasteiger charge is -2.20. The van der Waals surface area contributed by atoms with Gasteiger partial charge in [-0.05, 0) is 18.1 Å². The van der Waals surface area contributed by atoms with E-state index in [1.807, 2.05) is 49.4 Å². The summed E-state index contributed by atoms with van der Waals surface area (Å²) in [6.45, 7) is 1.99. The van der Waals surface area contributed by atoms with Crippen molar-refractivity contribution in [2.24, 2.45) is 0 Å². The lowest BCUT2D eigenvalue weighted by Crippen LogP contribution is -2.35. The zero-order valence-corrected chi connectivity index (χ0v) is 16.5. The van der Waals surface area contributed by atoms with Gasteiger partial charge < -0.3 is 14.9 Å². The monoisotopic (exact) mass is 410 g/mol. The molecule has 1 aliphatic heterocycles. The van der Waals surface area contributed by atoms with Gasteiger partial charge in [-0.15, -0.1) is 5.06 Å². The molecule has 1 saturated heterocycles. The molecule has 1 heterocycles. The van der Waals surface area contributed by atoms with Crippen LogP contribution in [0.1, 0.15) is 42.0 Å². The molecule has 156 valence electrons. The van der Waals surface area contributed by atoms with E-state index in [1.54, 1.807) is 12.1 Å². The number of nitrogens with one attached hydrogen (secondary N) is 1. The Hall–Kier alpha value is -3.68. The van der Waals surface area contributed by atoms with Crippen molar-refractivity contribution < 1.29 is 28.8 Å². The second kappa shape index (κ2) is 9.69. The van der Waals surface area contributed by atoms with Crippen LogP contribution in [0.5, 0.6) is 0 Å². The van der Waals surface area contributed by atoms with Gasteiger partial charge in [0.05, 0.1) is 12.5 Å². The molecule has 3 rings (SSSR count). The SMILES string of the molecule is Cc1ccc(C(CC(=O)ON2C(=O)CCC2=O)NC(=O)OCc2ccccc2)cc1. The number of hydrogen-bond donors (Lipinski definition) is 1. The van der Waals surface area contributed by atoms with Crippen LogP contribution < -0.4 is 5.32 Å². The minimum Gasteiger partial charge on any atom is -0.445 e. The molecule has 1 N–H and O–H groups in total. The summed E-state index contributed by atoms with van der Waals surface area (Å²) < 4.78 is 5.23. The number of ether oxygens (including phenoxy) is 1. The summed E-state index contributed by atoms with van der Waals surface area (Å²) in [7, 11) is 0. The van der Waals surface area contributed by atoms with Crippen LogP contribution in [0, 0.1) is 6.92 Å². The highest BCUT2D eigenvalue weighted by atomic mass is 16.7. The maximum atomic E-state index is 12.3. The second-order valence-corrected chi connectivity index (χ2v) is 6.92. The van der Waals surface area contributed by atoms with Crippen LogP contribution in [0.4, 0.5) is 4.79 Å². The van der Waals surface area contributed by atoms with Gasteiger partial charge in [-0.1, -0.05) is 60.2 Å². The molecule has 2 aromatic rings. The Morgan fingerprint density at radius 2 is 1.63 bits per heavy atom. The van der Waals surface area contributed by atoms with Gasteiger partial charge in [0.15, 0.2) is 0 Å². The Morgan fingerprint density at radius 3 is 2.27 bits per heavy atom. The van der Waals surface area contributed by atoms with E-state index in [4.69, 9.17) is 9.57 Å². The number of amides is 3. The van der Waals surface area contributed by atoms with E-state index in [1.165, 1.54) is 0 Å². The van der Waals surface area contributed by atoms with Gasteiger partial charge in [-0.25, -0.2) is 9.59 Å². The first-order valence-electron chi connectivity index (χ1n) is 9.53. The fourth-order valence-electron chi connectivity index (χ4n) is 2.92. The minimum absolute atomic E-state index is 0.0115. The standard InChI is InChI=1S/C22H22N2O6/c1-15-7-9-17(10-8-15)18(13-21(27)30-24-19(25)11-12-20(24)26)23-22(28)29-14-16-5-3-2-4-6-16/h2-10,18H,11-14H2,1H3,(H,23,28). The smallest absolute Gasteiger partial charge is 0.407 e. The summed E-state index contributed by atoms with van der Waals surface area (Å²) in [5, 5.41) is 3.14. The third-order valence-corrected chi connectivity index (χ3v) is 4.55. The Morgan fingerprint density at radius 1 is 1.00 bits per heavy atom. The molecule has 0 bridgehead atoms.